The fourth-order valence-corrected chi connectivity index (χ4v) is 6.39. The summed E-state index contributed by atoms with van der Waals surface area (Å²) >= 11 is 0. The third kappa shape index (κ3) is 3.36. The number of hydrogen-bond acceptors (Lipinski definition) is 6. The molecule has 2 aromatic carbocycles. The van der Waals surface area contributed by atoms with Gasteiger partial charge in [0, 0.05) is 11.8 Å². The Hall–Kier alpha value is -3.14. The molecule has 30 heavy (non-hydrogen) atoms. The number of amides is 2. The van der Waals surface area contributed by atoms with Crippen molar-refractivity contribution in [2.75, 3.05) is 4.90 Å². The Morgan fingerprint density at radius 1 is 0.800 bits per heavy atom. The van der Waals surface area contributed by atoms with Crippen LogP contribution >= 0.6 is 0 Å². The van der Waals surface area contributed by atoms with Crippen LogP contribution in [-0.4, -0.2) is 37.8 Å². The lowest BCUT2D eigenvalue weighted by molar-refractivity contribution is -0.122. The van der Waals surface area contributed by atoms with Crippen LogP contribution in [0, 0.1) is 11.8 Å². The lowest BCUT2D eigenvalue weighted by atomic mass is 10.00. The number of rotatable bonds is 3. The lowest BCUT2D eigenvalue weighted by Crippen LogP contribution is -2.30. The summed E-state index contributed by atoms with van der Waals surface area (Å²) in [5, 5.41) is 0. The first kappa shape index (κ1) is 21.6. The number of carbonyl (C=O) groups is 2. The van der Waals surface area contributed by atoms with Crippen LogP contribution in [0.1, 0.15) is 13.8 Å². The number of benzene rings is 2. The van der Waals surface area contributed by atoms with Gasteiger partial charge in [-0.3, -0.25) is 14.5 Å². The van der Waals surface area contributed by atoms with E-state index in [4.69, 9.17) is 0 Å². The van der Waals surface area contributed by atoms with E-state index in [0.717, 1.165) is 17.0 Å². The maximum absolute atomic E-state index is 12.8. The first-order chi connectivity index (χ1) is 14.0. The van der Waals surface area contributed by atoms with Gasteiger partial charge in [-0.2, -0.15) is 0 Å². The van der Waals surface area contributed by atoms with Crippen molar-refractivity contribution in [1.29, 1.82) is 0 Å². The molecule has 1 aliphatic heterocycles. The molecule has 2 amide bonds. The minimum atomic E-state index is -4.72. The summed E-state index contributed by atoms with van der Waals surface area (Å²) in [6, 6.07) is 11.2. The largest absolute Gasteiger partial charge is 0.504 e. The van der Waals surface area contributed by atoms with Gasteiger partial charge in [0.05, 0.1) is 15.5 Å². The second kappa shape index (κ2) is 7.60. The van der Waals surface area contributed by atoms with E-state index in [1.807, 2.05) is 0 Å². The van der Waals surface area contributed by atoms with E-state index < -0.39 is 52.6 Å². The molecular formula is C19H17N3O6S2. The fraction of sp³-hybridized carbons (Fsp3) is 0.211. The Balaban J connectivity index is 2.01. The number of nitrogens with zero attached hydrogens (tertiary/aromatic N) is 3. The smallest absolute Gasteiger partial charge is 0.359 e. The van der Waals surface area contributed by atoms with E-state index in [1.165, 1.54) is 36.4 Å². The molecule has 2 atom stereocenters. The Bertz CT molecular complexity index is 1260. The molecule has 0 N–H and O–H groups in total. The van der Waals surface area contributed by atoms with Crippen molar-refractivity contribution in [3.05, 3.63) is 60.1 Å². The third-order valence-electron chi connectivity index (χ3n) is 4.97. The molecule has 2 unspecified atom stereocenters. The predicted molar refractivity (Wildman–Crippen MR) is 107 cm³/mol. The first-order valence-electron chi connectivity index (χ1n) is 8.78. The zero-order chi connectivity index (χ0) is 22.3. The molecule has 0 spiro atoms. The van der Waals surface area contributed by atoms with E-state index in [0.29, 0.717) is 0 Å². The molecule has 0 saturated carbocycles. The Morgan fingerprint density at radius 2 is 1.23 bits per heavy atom. The van der Waals surface area contributed by atoms with Crippen LogP contribution in [0.3, 0.4) is 0 Å². The zero-order valence-electron chi connectivity index (χ0n) is 16.0. The summed E-state index contributed by atoms with van der Waals surface area (Å²) in [6.45, 7) is 3.25. The molecule has 0 aliphatic carbocycles. The van der Waals surface area contributed by atoms with Gasteiger partial charge in [-0.25, -0.2) is 16.8 Å². The standard InChI is InChI=1S/C19H17N3O6S2/c1-12-13(2)18(24)22(17(12)23)14-8-10-16(11-9-14)30(27,28)19(21-20)29(25,26)15-6-4-3-5-7-15/h3-13H,1-2H3. The van der Waals surface area contributed by atoms with Crippen molar-refractivity contribution in [2.24, 2.45) is 11.8 Å². The molecular weight excluding hydrogens is 430 g/mol. The fourth-order valence-electron chi connectivity index (χ4n) is 3.03. The normalized spacial score (nSPS) is 19.6. The second-order valence-electron chi connectivity index (χ2n) is 6.77. The minimum absolute atomic E-state index is 0.161. The highest BCUT2D eigenvalue weighted by Crippen LogP contribution is 2.31. The van der Waals surface area contributed by atoms with Gasteiger partial charge >= 0.3 is 4.38 Å². The summed E-state index contributed by atoms with van der Waals surface area (Å²) in [5.74, 6) is -1.84. The van der Waals surface area contributed by atoms with Crippen LogP contribution in [0.2, 0.25) is 0 Å². The summed E-state index contributed by atoms with van der Waals surface area (Å²) < 4.78 is 49.5. The third-order valence-corrected chi connectivity index (χ3v) is 9.15. The van der Waals surface area contributed by atoms with Gasteiger partial charge in [-0.15, -0.1) is 4.79 Å². The van der Waals surface area contributed by atoms with Gasteiger partial charge in [0.1, 0.15) is 0 Å². The quantitative estimate of drug-likeness (QED) is 0.230. The van der Waals surface area contributed by atoms with E-state index in [2.05, 4.69) is 4.79 Å². The molecule has 1 aliphatic rings. The number of anilines is 1. The highest BCUT2D eigenvalue weighted by molar-refractivity contribution is 8.31. The molecule has 1 saturated heterocycles. The topological polar surface area (TPSA) is 142 Å². The Morgan fingerprint density at radius 3 is 1.67 bits per heavy atom. The van der Waals surface area contributed by atoms with Crippen molar-refractivity contribution in [3.63, 3.8) is 0 Å². The van der Waals surface area contributed by atoms with E-state index in [-0.39, 0.29) is 10.6 Å². The van der Waals surface area contributed by atoms with Crippen LogP contribution in [0.5, 0.6) is 0 Å². The van der Waals surface area contributed by atoms with Crippen LogP contribution in [0.15, 0.2) is 64.4 Å². The highest BCUT2D eigenvalue weighted by atomic mass is 32.3. The monoisotopic (exact) mass is 447 g/mol. The second-order valence-corrected chi connectivity index (χ2v) is 10.8. The van der Waals surface area contributed by atoms with Gasteiger partial charge in [-0.1, -0.05) is 32.0 Å². The Labute approximate surface area is 173 Å². The minimum Gasteiger partial charge on any atom is -0.359 e. The van der Waals surface area contributed by atoms with Gasteiger partial charge < -0.3 is 5.53 Å². The average Bonchev–Trinajstić information content (AvgIpc) is 2.91. The first-order valence-corrected chi connectivity index (χ1v) is 11.7. The molecule has 1 heterocycles. The van der Waals surface area contributed by atoms with Crippen LogP contribution in [0.25, 0.3) is 5.53 Å². The number of imide groups is 1. The molecule has 11 heteroatoms. The average molecular weight is 447 g/mol. The van der Waals surface area contributed by atoms with E-state index >= 15 is 0 Å². The van der Waals surface area contributed by atoms with Crippen LogP contribution in [-0.2, 0) is 29.3 Å². The summed E-state index contributed by atoms with van der Waals surface area (Å²) in [6.07, 6.45) is 0. The molecule has 2 aromatic rings. The van der Waals surface area contributed by atoms with Gasteiger partial charge in [0.25, 0.3) is 19.7 Å². The number of hydrogen-bond donors (Lipinski definition) is 0. The van der Waals surface area contributed by atoms with Crippen molar-refractivity contribution in [2.45, 2.75) is 23.6 Å². The molecule has 0 bridgehead atoms. The van der Waals surface area contributed by atoms with E-state index in [9.17, 15) is 32.0 Å². The maximum atomic E-state index is 12.8. The van der Waals surface area contributed by atoms with Crippen LogP contribution in [0.4, 0.5) is 5.69 Å². The SMILES string of the molecule is CC1C(=O)N(c2ccc(S(=O)(=O)C(=[N+]=[N-])S(=O)(=O)c3ccccc3)cc2)C(=O)C1C. The molecule has 1 fully saturated rings. The zero-order valence-corrected chi connectivity index (χ0v) is 17.6. The number of sulfone groups is 2. The van der Waals surface area contributed by atoms with Crippen molar-refractivity contribution < 1.29 is 31.2 Å². The number of carbonyl (C=O) groups excluding carboxylic acids is 2. The van der Waals surface area contributed by atoms with Crippen LogP contribution < -0.4 is 4.90 Å². The summed E-state index contributed by atoms with van der Waals surface area (Å²) in [7, 11) is -9.34. The summed E-state index contributed by atoms with van der Waals surface area (Å²) in [5.41, 5.74) is 9.37. The molecule has 0 radical (unpaired) electrons. The Kier molecular flexibility index (Phi) is 5.46. The molecule has 3 rings (SSSR count). The van der Waals surface area contributed by atoms with Crippen molar-refractivity contribution in [1.82, 2.24) is 0 Å². The lowest BCUT2D eigenvalue weighted by Gasteiger charge is -2.14. The van der Waals surface area contributed by atoms with E-state index in [1.54, 1.807) is 19.9 Å². The molecule has 0 aromatic heterocycles. The van der Waals surface area contributed by atoms with Gasteiger partial charge in [0.15, 0.2) is 0 Å². The maximum Gasteiger partial charge on any atom is 0.504 e. The van der Waals surface area contributed by atoms with Gasteiger partial charge in [-0.05, 0) is 36.4 Å². The van der Waals surface area contributed by atoms with Crippen molar-refractivity contribution in [3.8, 4) is 0 Å². The predicted octanol–water partition coefficient (Wildman–Crippen LogP) is 1.67. The molecule has 156 valence electrons. The van der Waals surface area contributed by atoms with Crippen molar-refractivity contribution >= 4 is 41.6 Å². The highest BCUT2D eigenvalue weighted by Gasteiger charge is 2.45. The van der Waals surface area contributed by atoms with Gasteiger partial charge in [0.2, 0.25) is 11.8 Å². The molecule has 9 nitrogen and oxygen atoms in total. The summed E-state index contributed by atoms with van der Waals surface area (Å²) in [4.78, 5) is 27.3.